The molecule has 3 nitrogen and oxygen atoms in total. The smallest absolute Gasteiger partial charge is 0.0742 e. The second-order valence-electron chi connectivity index (χ2n) is 4.14. The predicted molar refractivity (Wildman–Crippen MR) is 69.0 cm³/mol. The van der Waals surface area contributed by atoms with Crippen molar-refractivity contribution in [3.63, 3.8) is 0 Å². The molecule has 0 aliphatic rings. The second kappa shape index (κ2) is 9.07. The first-order valence-electron chi connectivity index (χ1n) is 5.67. The molecule has 0 aliphatic heterocycles. The van der Waals surface area contributed by atoms with E-state index in [1.807, 2.05) is 0 Å². The third-order valence-electron chi connectivity index (χ3n) is 2.67. The fraction of sp³-hybridized carbons (Fsp3) is 0.909. The van der Waals surface area contributed by atoms with E-state index in [9.17, 15) is 0 Å². The molecule has 0 heterocycles. The van der Waals surface area contributed by atoms with E-state index in [0.29, 0.717) is 17.6 Å². The monoisotopic (exact) mass is 232 g/mol. The number of rotatable bonds is 9. The van der Waals surface area contributed by atoms with Gasteiger partial charge in [0.1, 0.15) is 0 Å². The zero-order valence-electron chi connectivity index (χ0n) is 9.91. The molecule has 0 rings (SSSR count). The Morgan fingerprint density at radius 1 is 1.33 bits per heavy atom. The fourth-order valence-electron chi connectivity index (χ4n) is 1.49. The summed E-state index contributed by atoms with van der Waals surface area (Å²) in [5.41, 5.74) is 5.50. The molecular formula is C11H24N2OS. The van der Waals surface area contributed by atoms with Crippen LogP contribution in [0, 0.1) is 0 Å². The van der Waals surface area contributed by atoms with Crippen molar-refractivity contribution < 1.29 is 5.11 Å². The molecule has 0 saturated carbocycles. The summed E-state index contributed by atoms with van der Waals surface area (Å²) >= 11 is 4.88. The van der Waals surface area contributed by atoms with Crippen molar-refractivity contribution in [2.24, 2.45) is 5.73 Å². The van der Waals surface area contributed by atoms with Gasteiger partial charge in [-0.05, 0) is 33.4 Å². The molecule has 0 aromatic rings. The van der Waals surface area contributed by atoms with Crippen molar-refractivity contribution in [2.45, 2.75) is 45.1 Å². The number of nitrogens with two attached hydrogens (primary N) is 1. The van der Waals surface area contributed by atoms with Crippen LogP contribution in [0.4, 0.5) is 0 Å². The molecule has 0 aromatic carbocycles. The molecule has 1 atom stereocenters. The van der Waals surface area contributed by atoms with Crippen LogP contribution in [-0.2, 0) is 0 Å². The summed E-state index contributed by atoms with van der Waals surface area (Å²) < 4.78 is 0. The summed E-state index contributed by atoms with van der Waals surface area (Å²) in [6, 6.07) is 0.431. The largest absolute Gasteiger partial charge is 0.396 e. The SMILES string of the molecule is CC(CC(N)=S)N(C)CCCCCCO. The van der Waals surface area contributed by atoms with Crippen LogP contribution >= 0.6 is 12.2 Å². The molecule has 0 aromatic heterocycles. The summed E-state index contributed by atoms with van der Waals surface area (Å²) in [4.78, 5) is 2.88. The minimum atomic E-state index is 0.313. The topological polar surface area (TPSA) is 49.5 Å². The zero-order chi connectivity index (χ0) is 11.7. The van der Waals surface area contributed by atoms with Crippen molar-refractivity contribution in [3.8, 4) is 0 Å². The molecule has 0 radical (unpaired) electrons. The van der Waals surface area contributed by atoms with Gasteiger partial charge in [-0.25, -0.2) is 0 Å². The highest BCUT2D eigenvalue weighted by Gasteiger charge is 2.09. The number of nitrogens with zero attached hydrogens (tertiary/aromatic N) is 1. The van der Waals surface area contributed by atoms with E-state index < -0.39 is 0 Å². The first-order chi connectivity index (χ1) is 7.07. The maximum absolute atomic E-state index is 8.62. The quantitative estimate of drug-likeness (QED) is 0.468. The molecule has 0 aliphatic carbocycles. The molecule has 90 valence electrons. The van der Waals surface area contributed by atoms with Gasteiger partial charge in [-0.3, -0.25) is 0 Å². The Kier molecular flexibility index (Phi) is 8.95. The van der Waals surface area contributed by atoms with E-state index in [1.54, 1.807) is 0 Å². The Bertz CT molecular complexity index is 176. The zero-order valence-corrected chi connectivity index (χ0v) is 10.7. The summed E-state index contributed by atoms with van der Waals surface area (Å²) in [7, 11) is 2.11. The van der Waals surface area contributed by atoms with Crippen LogP contribution in [0.2, 0.25) is 0 Å². The van der Waals surface area contributed by atoms with Crippen LogP contribution in [0.25, 0.3) is 0 Å². The van der Waals surface area contributed by atoms with E-state index in [0.717, 1.165) is 25.8 Å². The first kappa shape index (κ1) is 14.8. The van der Waals surface area contributed by atoms with Crippen LogP contribution in [0.15, 0.2) is 0 Å². The van der Waals surface area contributed by atoms with Gasteiger partial charge in [0.25, 0.3) is 0 Å². The molecule has 4 heteroatoms. The number of thiocarbonyl (C=S) groups is 1. The van der Waals surface area contributed by atoms with Gasteiger partial charge in [0.05, 0.1) is 4.99 Å². The average molecular weight is 232 g/mol. The van der Waals surface area contributed by atoms with Gasteiger partial charge in [0, 0.05) is 19.1 Å². The number of hydrogen-bond acceptors (Lipinski definition) is 3. The number of aliphatic hydroxyl groups excluding tert-OH is 1. The van der Waals surface area contributed by atoms with Gasteiger partial charge < -0.3 is 15.7 Å². The maximum atomic E-state index is 8.62. The van der Waals surface area contributed by atoms with Crippen molar-refractivity contribution in [1.29, 1.82) is 0 Å². The maximum Gasteiger partial charge on any atom is 0.0742 e. The van der Waals surface area contributed by atoms with Crippen molar-refractivity contribution in [1.82, 2.24) is 4.90 Å². The molecule has 15 heavy (non-hydrogen) atoms. The van der Waals surface area contributed by atoms with Gasteiger partial charge in [-0.15, -0.1) is 0 Å². The lowest BCUT2D eigenvalue weighted by molar-refractivity contribution is 0.251. The highest BCUT2D eigenvalue weighted by Crippen LogP contribution is 2.05. The van der Waals surface area contributed by atoms with Crippen LogP contribution < -0.4 is 5.73 Å². The number of hydrogen-bond donors (Lipinski definition) is 2. The van der Waals surface area contributed by atoms with Crippen molar-refractivity contribution >= 4 is 17.2 Å². The minimum absolute atomic E-state index is 0.313. The molecule has 0 spiro atoms. The highest BCUT2D eigenvalue weighted by molar-refractivity contribution is 7.80. The van der Waals surface area contributed by atoms with Gasteiger partial charge in [-0.1, -0.05) is 25.1 Å². The van der Waals surface area contributed by atoms with Crippen molar-refractivity contribution in [3.05, 3.63) is 0 Å². The van der Waals surface area contributed by atoms with Gasteiger partial charge in [-0.2, -0.15) is 0 Å². The highest BCUT2D eigenvalue weighted by atomic mass is 32.1. The molecule has 0 saturated heterocycles. The Morgan fingerprint density at radius 3 is 2.47 bits per heavy atom. The Morgan fingerprint density at radius 2 is 1.93 bits per heavy atom. The number of aliphatic hydroxyl groups is 1. The van der Waals surface area contributed by atoms with Gasteiger partial charge in [0.15, 0.2) is 0 Å². The van der Waals surface area contributed by atoms with E-state index in [-0.39, 0.29) is 0 Å². The molecule has 1 unspecified atom stereocenters. The van der Waals surface area contributed by atoms with E-state index in [2.05, 4.69) is 18.9 Å². The second-order valence-corrected chi connectivity index (χ2v) is 4.66. The standard InChI is InChI=1S/C11H24N2OS/c1-10(9-11(12)15)13(2)7-5-3-4-6-8-14/h10,14H,3-9H2,1-2H3,(H2,12,15). The van der Waals surface area contributed by atoms with Gasteiger partial charge in [0.2, 0.25) is 0 Å². The normalized spacial score (nSPS) is 13.1. The predicted octanol–water partition coefficient (Wildman–Crippen LogP) is 1.54. The van der Waals surface area contributed by atoms with Crippen molar-refractivity contribution in [2.75, 3.05) is 20.2 Å². The summed E-state index contributed by atoms with van der Waals surface area (Å²) in [6.07, 6.45) is 5.20. The van der Waals surface area contributed by atoms with Gasteiger partial charge >= 0.3 is 0 Å². The molecule has 0 fully saturated rings. The van der Waals surface area contributed by atoms with Crippen LogP contribution in [-0.4, -0.2) is 41.2 Å². The number of unbranched alkanes of at least 4 members (excludes halogenated alkanes) is 3. The lowest BCUT2D eigenvalue weighted by Crippen LogP contribution is -2.33. The molecule has 3 N–H and O–H groups in total. The summed E-state index contributed by atoms with van der Waals surface area (Å²) in [5.74, 6) is 0. The summed E-state index contributed by atoms with van der Waals surface area (Å²) in [6.45, 7) is 3.54. The third-order valence-corrected chi connectivity index (χ3v) is 2.83. The lowest BCUT2D eigenvalue weighted by atomic mass is 10.1. The lowest BCUT2D eigenvalue weighted by Gasteiger charge is -2.24. The Labute approximate surface area is 98.6 Å². The average Bonchev–Trinajstić information content (AvgIpc) is 2.16. The van der Waals surface area contributed by atoms with E-state index in [4.69, 9.17) is 23.1 Å². The molecular weight excluding hydrogens is 208 g/mol. The third kappa shape index (κ3) is 8.78. The summed E-state index contributed by atoms with van der Waals surface area (Å²) in [5, 5.41) is 8.62. The first-order valence-corrected chi connectivity index (χ1v) is 6.08. The Hall–Kier alpha value is -0.190. The Balaban J connectivity index is 3.46. The van der Waals surface area contributed by atoms with Crippen LogP contribution in [0.3, 0.4) is 0 Å². The molecule has 0 bridgehead atoms. The van der Waals surface area contributed by atoms with E-state index >= 15 is 0 Å². The van der Waals surface area contributed by atoms with Crippen LogP contribution in [0.1, 0.15) is 39.0 Å². The van der Waals surface area contributed by atoms with Crippen LogP contribution in [0.5, 0.6) is 0 Å². The fourth-order valence-corrected chi connectivity index (χ4v) is 1.74. The minimum Gasteiger partial charge on any atom is -0.396 e. The van der Waals surface area contributed by atoms with E-state index in [1.165, 1.54) is 12.8 Å². The molecule has 0 amide bonds.